The van der Waals surface area contributed by atoms with E-state index in [0.29, 0.717) is 0 Å². The minimum Gasteiger partial charge on any atom is -0.464 e. The first kappa shape index (κ1) is 20.3. The van der Waals surface area contributed by atoms with Gasteiger partial charge in [-0.25, -0.2) is 19.5 Å². The zero-order valence-electron chi connectivity index (χ0n) is 13.5. The Bertz CT molecular complexity index is 918. The second-order valence-electron chi connectivity index (χ2n) is 5.58. The molecule has 1 aromatic carbocycles. The van der Waals surface area contributed by atoms with E-state index in [1.165, 1.54) is 13.8 Å². The zero-order chi connectivity index (χ0) is 20.9. The van der Waals surface area contributed by atoms with E-state index in [-0.39, 0.29) is 21.8 Å². The number of alkyl halides is 6. The van der Waals surface area contributed by atoms with Gasteiger partial charge >= 0.3 is 18.4 Å². The van der Waals surface area contributed by atoms with Crippen LogP contribution in [-0.4, -0.2) is 31.8 Å². The Balaban J connectivity index is 3.07. The summed E-state index contributed by atoms with van der Waals surface area (Å²) in [6.07, 6.45) is -12.3. The molecule has 1 amide bonds. The number of carbonyl (C=O) groups is 1. The zero-order valence-corrected chi connectivity index (χ0v) is 13.5. The Kier molecular flexibility index (Phi) is 4.71. The molecule has 27 heavy (non-hydrogen) atoms. The molecule has 148 valence electrons. The number of aromatic nitrogens is 2. The number of fused-ring (bicyclic) bond motifs is 1. The third-order valence-electron chi connectivity index (χ3n) is 3.39. The Morgan fingerprint density at radius 3 is 2.15 bits per heavy atom. The number of nitrogens with zero attached hydrogens (tertiary/aromatic N) is 4. The molecular weight excluding hydrogens is 390 g/mol. The molecule has 2 aromatic rings. The second kappa shape index (κ2) is 6.28. The summed E-state index contributed by atoms with van der Waals surface area (Å²) in [4.78, 5) is 24.2. The maximum Gasteiger partial charge on any atom is 0.451 e. The Labute approximate surface area is 145 Å². The lowest BCUT2D eigenvalue weighted by Gasteiger charge is -2.27. The lowest BCUT2D eigenvalue weighted by atomic mass is 10.1. The van der Waals surface area contributed by atoms with Gasteiger partial charge in [0.25, 0.3) is 5.69 Å². The molecule has 0 saturated carbocycles. The molecule has 2 rings (SSSR count). The molecule has 0 spiro atoms. The van der Waals surface area contributed by atoms with E-state index in [4.69, 9.17) is 0 Å². The van der Waals surface area contributed by atoms with E-state index >= 15 is 0 Å². The molecule has 0 atom stereocenters. The van der Waals surface area contributed by atoms with Gasteiger partial charge < -0.3 is 5.11 Å². The second-order valence-corrected chi connectivity index (χ2v) is 5.58. The summed E-state index contributed by atoms with van der Waals surface area (Å²) in [6.45, 7) is 2.34. The molecule has 1 N–H and O–H groups in total. The van der Waals surface area contributed by atoms with Crippen LogP contribution in [0.25, 0.3) is 11.0 Å². The molecule has 0 unspecified atom stereocenters. The Hall–Kier alpha value is -3.06. The summed E-state index contributed by atoms with van der Waals surface area (Å²) in [5.74, 6) is -1.91. The molecule has 8 nitrogen and oxygen atoms in total. The number of rotatable bonds is 3. The largest absolute Gasteiger partial charge is 0.464 e. The number of non-ortho nitro benzene ring substituents is 1. The average molecular weight is 400 g/mol. The van der Waals surface area contributed by atoms with Gasteiger partial charge in [0.2, 0.25) is 5.82 Å². The molecule has 0 bridgehead atoms. The highest BCUT2D eigenvalue weighted by molar-refractivity contribution is 5.89. The van der Waals surface area contributed by atoms with Crippen LogP contribution < -0.4 is 5.01 Å². The van der Waals surface area contributed by atoms with Gasteiger partial charge in [0, 0.05) is 6.07 Å². The highest BCUT2D eigenvalue weighted by atomic mass is 19.4. The number of nitro groups is 1. The molecule has 0 aliphatic carbocycles. The van der Waals surface area contributed by atoms with Crippen LogP contribution in [0.2, 0.25) is 0 Å². The number of hydrogen-bond donors (Lipinski definition) is 1. The predicted octanol–water partition coefficient (Wildman–Crippen LogP) is 4.01. The van der Waals surface area contributed by atoms with Crippen LogP contribution >= 0.6 is 0 Å². The first-order chi connectivity index (χ1) is 12.2. The summed E-state index contributed by atoms with van der Waals surface area (Å²) in [5.41, 5.74) is -4.99. The maximum atomic E-state index is 13.3. The van der Waals surface area contributed by atoms with Gasteiger partial charge in [-0.15, -0.1) is 0 Å². The van der Waals surface area contributed by atoms with Crippen LogP contribution in [0.3, 0.4) is 0 Å². The van der Waals surface area contributed by atoms with Crippen molar-refractivity contribution in [3.8, 4) is 0 Å². The number of imidazole rings is 1. The van der Waals surface area contributed by atoms with Crippen molar-refractivity contribution in [3.05, 3.63) is 33.6 Å². The van der Waals surface area contributed by atoms with Crippen molar-refractivity contribution < 1.29 is 41.2 Å². The van der Waals surface area contributed by atoms with Crippen molar-refractivity contribution in [2.24, 2.45) is 0 Å². The molecule has 1 heterocycles. The van der Waals surface area contributed by atoms with Crippen molar-refractivity contribution in [1.82, 2.24) is 9.66 Å². The van der Waals surface area contributed by atoms with E-state index in [1.54, 1.807) is 0 Å². The third kappa shape index (κ3) is 3.59. The van der Waals surface area contributed by atoms with E-state index in [2.05, 4.69) is 4.98 Å². The van der Waals surface area contributed by atoms with Crippen molar-refractivity contribution in [2.45, 2.75) is 32.2 Å². The fourth-order valence-corrected chi connectivity index (χ4v) is 2.39. The van der Waals surface area contributed by atoms with Crippen LogP contribution in [0.4, 0.5) is 36.8 Å². The van der Waals surface area contributed by atoms with Crippen LogP contribution in [0.1, 0.15) is 25.2 Å². The molecule has 0 aliphatic rings. The van der Waals surface area contributed by atoms with Crippen LogP contribution in [0.15, 0.2) is 12.1 Å². The summed E-state index contributed by atoms with van der Waals surface area (Å²) in [6, 6.07) is -0.932. The highest BCUT2D eigenvalue weighted by Gasteiger charge is 2.43. The van der Waals surface area contributed by atoms with Gasteiger partial charge in [-0.2, -0.15) is 26.3 Å². The average Bonchev–Trinajstić information content (AvgIpc) is 2.84. The van der Waals surface area contributed by atoms with Crippen LogP contribution in [-0.2, 0) is 12.4 Å². The third-order valence-corrected chi connectivity index (χ3v) is 3.39. The van der Waals surface area contributed by atoms with Crippen LogP contribution in [0, 0.1) is 10.1 Å². The van der Waals surface area contributed by atoms with Gasteiger partial charge in [0.05, 0.1) is 22.0 Å². The molecule has 14 heteroatoms. The maximum absolute atomic E-state index is 13.3. The van der Waals surface area contributed by atoms with E-state index in [0.717, 1.165) is 0 Å². The minimum absolute atomic E-state index is 0.0420. The standard InChI is InChI=1S/C13H10F6N4O4/c1-5(2)21(11(24)25)22-7-3-6(12(14,15)16)4-8(23(26)27)9(7)20-10(22)13(17,18)19/h3-5H,1-2H3,(H,24,25). The van der Waals surface area contributed by atoms with Crippen molar-refractivity contribution >= 4 is 22.8 Å². The smallest absolute Gasteiger partial charge is 0.451 e. The number of hydrogen-bond acceptors (Lipinski definition) is 4. The number of benzene rings is 1. The van der Waals surface area contributed by atoms with Crippen molar-refractivity contribution in [2.75, 3.05) is 5.01 Å². The van der Waals surface area contributed by atoms with Gasteiger partial charge in [-0.1, -0.05) is 0 Å². The lowest BCUT2D eigenvalue weighted by molar-refractivity contribution is -0.383. The normalized spacial score (nSPS) is 12.6. The lowest BCUT2D eigenvalue weighted by Crippen LogP contribution is -2.46. The molecule has 0 fully saturated rings. The molecule has 1 aromatic heterocycles. The number of amides is 1. The van der Waals surface area contributed by atoms with Gasteiger partial charge in [0.1, 0.15) is 0 Å². The van der Waals surface area contributed by atoms with Gasteiger partial charge in [0.15, 0.2) is 5.52 Å². The number of halogens is 6. The SMILES string of the molecule is CC(C)N(C(=O)O)n1c(C(F)(F)F)nc2c([N+](=O)[O-])cc(C(F)(F)F)cc21. The molecule has 0 saturated heterocycles. The summed E-state index contributed by atoms with van der Waals surface area (Å²) in [5, 5.41) is 20.4. The predicted molar refractivity (Wildman–Crippen MR) is 77.8 cm³/mol. The molecule has 0 aliphatic heterocycles. The van der Waals surface area contributed by atoms with Crippen molar-refractivity contribution in [3.63, 3.8) is 0 Å². The quantitative estimate of drug-likeness (QED) is 0.477. The highest BCUT2D eigenvalue weighted by Crippen LogP contribution is 2.39. The van der Waals surface area contributed by atoms with E-state index in [1.807, 2.05) is 0 Å². The monoisotopic (exact) mass is 400 g/mol. The number of carboxylic acid groups (broad SMARTS) is 1. The summed E-state index contributed by atoms with van der Waals surface area (Å²) in [7, 11) is 0. The van der Waals surface area contributed by atoms with Gasteiger partial charge in [-0.3, -0.25) is 10.1 Å². The molecular formula is C13H10F6N4O4. The Morgan fingerprint density at radius 1 is 1.22 bits per heavy atom. The van der Waals surface area contributed by atoms with E-state index < -0.39 is 57.5 Å². The fraction of sp³-hybridized carbons (Fsp3) is 0.385. The van der Waals surface area contributed by atoms with Gasteiger partial charge in [-0.05, 0) is 19.9 Å². The van der Waals surface area contributed by atoms with E-state index in [9.17, 15) is 46.4 Å². The summed E-state index contributed by atoms with van der Waals surface area (Å²) < 4.78 is 79.1. The number of nitro benzene ring substituents is 1. The topological polar surface area (TPSA) is 102 Å². The first-order valence-corrected chi connectivity index (χ1v) is 7.04. The minimum atomic E-state index is -5.30. The molecule has 0 radical (unpaired) electrons. The first-order valence-electron chi connectivity index (χ1n) is 7.04. The fourth-order valence-electron chi connectivity index (χ4n) is 2.39. The van der Waals surface area contributed by atoms with Crippen molar-refractivity contribution in [1.29, 1.82) is 0 Å². The van der Waals surface area contributed by atoms with Crippen LogP contribution in [0.5, 0.6) is 0 Å². The Morgan fingerprint density at radius 2 is 1.78 bits per heavy atom. The summed E-state index contributed by atoms with van der Waals surface area (Å²) >= 11 is 0.